The molecule has 0 bridgehead atoms. The lowest BCUT2D eigenvalue weighted by molar-refractivity contribution is -0.140. The number of ether oxygens (including phenoxy) is 2. The van der Waals surface area contributed by atoms with Crippen molar-refractivity contribution >= 4 is 58.2 Å². The maximum Gasteiger partial charge on any atom is 0.434 e. The number of fused-ring (bicyclic) bond motifs is 1. The van der Waals surface area contributed by atoms with Crippen LogP contribution in [0.15, 0.2) is 57.5 Å². The van der Waals surface area contributed by atoms with Crippen LogP contribution in [0.3, 0.4) is 0 Å². The fourth-order valence-electron chi connectivity index (χ4n) is 3.99. The second-order valence-electron chi connectivity index (χ2n) is 8.59. The van der Waals surface area contributed by atoms with Crippen LogP contribution in [0.5, 0.6) is 5.75 Å². The van der Waals surface area contributed by atoms with Crippen LogP contribution in [0.4, 0.5) is 13.2 Å². The number of aromatic nitrogens is 1. The molecule has 1 aliphatic heterocycles. The number of carbonyl (C=O) groups is 1. The van der Waals surface area contributed by atoms with Crippen molar-refractivity contribution in [1.82, 2.24) is 4.57 Å². The molecule has 1 atom stereocenters. The molecule has 3 aromatic rings. The van der Waals surface area contributed by atoms with E-state index in [1.165, 1.54) is 49.4 Å². The van der Waals surface area contributed by atoms with Gasteiger partial charge in [-0.05, 0) is 56.7 Å². The molecule has 0 saturated carbocycles. The predicted octanol–water partition coefficient (Wildman–Crippen LogP) is 6.09. The van der Waals surface area contributed by atoms with Gasteiger partial charge in [0.1, 0.15) is 5.75 Å². The van der Waals surface area contributed by atoms with Gasteiger partial charge >= 0.3 is 12.1 Å². The van der Waals surface area contributed by atoms with Gasteiger partial charge in [-0.25, -0.2) is 9.79 Å². The number of allylic oxidation sites excluding steroid dienone is 1. The van der Waals surface area contributed by atoms with Crippen LogP contribution < -0.4 is 19.6 Å². The second kappa shape index (κ2) is 11.4. The van der Waals surface area contributed by atoms with E-state index < -0.39 is 35.0 Å². The number of benzene rings is 2. The van der Waals surface area contributed by atoms with Crippen molar-refractivity contribution in [3.8, 4) is 5.75 Å². The highest BCUT2D eigenvalue weighted by Crippen LogP contribution is 2.39. The van der Waals surface area contributed by atoms with Crippen LogP contribution in [-0.2, 0) is 9.53 Å². The molecule has 6 nitrogen and oxygen atoms in total. The highest BCUT2D eigenvalue weighted by atomic mass is 35.5. The van der Waals surface area contributed by atoms with E-state index in [-0.39, 0.29) is 43.4 Å². The fraction of sp³-hybridized carbons (Fsp3) is 0.269. The number of thiazole rings is 1. The highest BCUT2D eigenvalue weighted by molar-refractivity contribution is 7.07. The standard InChI is InChI=1S/C26H20Cl3F3N2O4S/c1-4-37-24(36)19-20(13-5-7-15(27)8-6-13)34-23(35)18(39-25(34)33-22(19)26(30,31)32)10-14-9-16(28)11-17(29)21(14)38-12(2)3/h5-12,20H,4H2,1-3H3/b18-10-/t20-/m1/s1. The van der Waals surface area contributed by atoms with E-state index in [0.717, 1.165) is 15.9 Å². The van der Waals surface area contributed by atoms with Crippen molar-refractivity contribution in [2.75, 3.05) is 6.61 Å². The minimum absolute atomic E-state index is 0.0197. The molecule has 1 aromatic heterocycles. The second-order valence-corrected chi connectivity index (χ2v) is 10.9. The molecule has 0 amide bonds. The summed E-state index contributed by atoms with van der Waals surface area (Å²) in [5.74, 6) is -0.989. The van der Waals surface area contributed by atoms with Crippen LogP contribution in [0, 0.1) is 0 Å². The van der Waals surface area contributed by atoms with Gasteiger partial charge in [0.15, 0.2) is 10.5 Å². The fourth-order valence-corrected chi connectivity index (χ4v) is 5.66. The Bertz CT molecular complexity index is 1640. The molecular weight excluding hydrogens is 600 g/mol. The Balaban J connectivity index is 2.06. The average molecular weight is 620 g/mol. The molecule has 39 heavy (non-hydrogen) atoms. The summed E-state index contributed by atoms with van der Waals surface area (Å²) >= 11 is 19.2. The summed E-state index contributed by atoms with van der Waals surface area (Å²) in [6, 6.07) is 7.29. The van der Waals surface area contributed by atoms with E-state index in [1.807, 2.05) is 0 Å². The van der Waals surface area contributed by atoms with Gasteiger partial charge in [0, 0.05) is 15.6 Å². The Morgan fingerprint density at radius 3 is 2.41 bits per heavy atom. The number of hydrogen-bond acceptors (Lipinski definition) is 6. The normalized spacial score (nSPS) is 15.8. The largest absolute Gasteiger partial charge is 0.489 e. The number of nitrogens with zero attached hydrogens (tertiary/aromatic N) is 2. The zero-order valence-electron chi connectivity index (χ0n) is 20.6. The Kier molecular flexibility index (Phi) is 8.51. The first-order valence-corrected chi connectivity index (χ1v) is 13.5. The van der Waals surface area contributed by atoms with Crippen LogP contribution in [0.1, 0.15) is 37.9 Å². The third-order valence-electron chi connectivity index (χ3n) is 5.46. The van der Waals surface area contributed by atoms with Crippen molar-refractivity contribution in [2.45, 2.75) is 39.1 Å². The van der Waals surface area contributed by atoms with Gasteiger partial charge in [-0.2, -0.15) is 13.2 Å². The number of rotatable bonds is 6. The lowest BCUT2D eigenvalue weighted by Crippen LogP contribution is -2.41. The summed E-state index contributed by atoms with van der Waals surface area (Å²) in [6.45, 7) is 4.85. The minimum Gasteiger partial charge on any atom is -0.489 e. The van der Waals surface area contributed by atoms with E-state index >= 15 is 0 Å². The maximum absolute atomic E-state index is 14.2. The zero-order valence-corrected chi connectivity index (χ0v) is 23.7. The monoisotopic (exact) mass is 618 g/mol. The summed E-state index contributed by atoms with van der Waals surface area (Å²) in [6.07, 6.45) is -3.87. The lowest BCUT2D eigenvalue weighted by Gasteiger charge is -2.26. The summed E-state index contributed by atoms with van der Waals surface area (Å²) in [5, 5.41) is 0.774. The van der Waals surface area contributed by atoms with Gasteiger partial charge in [0.2, 0.25) is 0 Å². The molecule has 2 heterocycles. The van der Waals surface area contributed by atoms with E-state index in [2.05, 4.69) is 4.99 Å². The van der Waals surface area contributed by atoms with Gasteiger partial charge in [-0.15, -0.1) is 0 Å². The molecular formula is C26H20Cl3F3N2O4S. The lowest BCUT2D eigenvalue weighted by atomic mass is 9.95. The molecule has 0 aliphatic carbocycles. The van der Waals surface area contributed by atoms with Crippen molar-refractivity contribution in [3.63, 3.8) is 0 Å². The third kappa shape index (κ3) is 6.04. The summed E-state index contributed by atoms with van der Waals surface area (Å²) < 4.78 is 54.6. The zero-order chi connectivity index (χ0) is 28.6. The van der Waals surface area contributed by atoms with Gasteiger partial charge in [0.25, 0.3) is 5.56 Å². The molecule has 0 unspecified atom stereocenters. The first-order chi connectivity index (χ1) is 18.3. The van der Waals surface area contributed by atoms with Gasteiger partial charge < -0.3 is 9.47 Å². The van der Waals surface area contributed by atoms with Gasteiger partial charge in [-0.3, -0.25) is 9.36 Å². The van der Waals surface area contributed by atoms with Crippen LogP contribution in [0.2, 0.25) is 15.1 Å². The summed E-state index contributed by atoms with van der Waals surface area (Å²) in [7, 11) is 0. The number of esters is 1. The quantitative estimate of drug-likeness (QED) is 0.313. The minimum atomic E-state index is -5.01. The Morgan fingerprint density at radius 1 is 1.15 bits per heavy atom. The van der Waals surface area contributed by atoms with Crippen molar-refractivity contribution in [2.24, 2.45) is 4.99 Å². The molecule has 1 aliphatic rings. The Morgan fingerprint density at radius 2 is 1.82 bits per heavy atom. The molecule has 206 valence electrons. The van der Waals surface area contributed by atoms with Crippen LogP contribution >= 0.6 is 46.1 Å². The molecule has 0 radical (unpaired) electrons. The number of halogens is 6. The van der Waals surface area contributed by atoms with Crippen molar-refractivity contribution < 1.29 is 27.4 Å². The maximum atomic E-state index is 14.2. The predicted molar refractivity (Wildman–Crippen MR) is 144 cm³/mol. The number of alkyl halides is 3. The van der Waals surface area contributed by atoms with Crippen molar-refractivity contribution in [1.29, 1.82) is 0 Å². The number of hydrogen-bond donors (Lipinski definition) is 0. The van der Waals surface area contributed by atoms with Crippen LogP contribution in [-0.4, -0.2) is 29.4 Å². The smallest absolute Gasteiger partial charge is 0.434 e. The van der Waals surface area contributed by atoms with E-state index in [1.54, 1.807) is 13.8 Å². The highest BCUT2D eigenvalue weighted by Gasteiger charge is 2.45. The van der Waals surface area contributed by atoms with E-state index in [4.69, 9.17) is 44.3 Å². The summed E-state index contributed by atoms with van der Waals surface area (Å²) in [4.78, 5) is 30.1. The molecule has 13 heteroatoms. The third-order valence-corrected chi connectivity index (χ3v) is 7.19. The van der Waals surface area contributed by atoms with Crippen molar-refractivity contribution in [3.05, 3.63) is 93.6 Å². The van der Waals surface area contributed by atoms with Gasteiger partial charge in [0.05, 0.1) is 33.9 Å². The molecule has 0 N–H and O–H groups in total. The molecule has 0 saturated heterocycles. The Labute approximate surface area is 239 Å². The van der Waals surface area contributed by atoms with Gasteiger partial charge in [-0.1, -0.05) is 58.3 Å². The topological polar surface area (TPSA) is 69.9 Å². The van der Waals surface area contributed by atoms with E-state index in [0.29, 0.717) is 10.6 Å². The molecule has 0 fully saturated rings. The molecule has 4 rings (SSSR count). The first kappa shape index (κ1) is 29.2. The first-order valence-electron chi connectivity index (χ1n) is 11.5. The Hall–Kier alpha value is -2.79. The van der Waals surface area contributed by atoms with E-state index in [9.17, 15) is 22.8 Å². The summed E-state index contributed by atoms with van der Waals surface area (Å²) in [5.41, 5.74) is -2.38. The molecule has 0 spiro atoms. The number of carbonyl (C=O) groups excluding carboxylic acids is 1. The SMILES string of the molecule is CCOC(=O)C1=C(C(F)(F)F)N=c2s/c(=C\c3cc(Cl)cc(Cl)c3OC(C)C)c(=O)n2[C@@H]1c1ccc(Cl)cc1. The van der Waals surface area contributed by atoms with Crippen LogP contribution in [0.25, 0.3) is 6.08 Å². The average Bonchev–Trinajstić information content (AvgIpc) is 3.15. The molecule has 2 aromatic carbocycles.